The topological polar surface area (TPSA) is 58.0 Å². The molecule has 3 rings (SSSR count). The molecular formula is C16H19N3O. The molecule has 4 nitrogen and oxygen atoms in total. The fourth-order valence-electron chi connectivity index (χ4n) is 2.77. The number of benzene rings is 1. The standard InChI is InChI=1S/C16H19N3O/c1-3-13-16(18-10(2)9-17-13)19-15-12-7-5-4-6-11(12)8-14(15)20/h4-7,9,14-15,20H,3,8H2,1-2H3,(H,18,19)/t14-,15?/m0/s1. The quantitative estimate of drug-likeness (QED) is 0.898. The first kappa shape index (κ1) is 13.1. The van der Waals surface area contributed by atoms with Gasteiger partial charge in [0.1, 0.15) is 5.82 Å². The van der Waals surface area contributed by atoms with Gasteiger partial charge >= 0.3 is 0 Å². The minimum absolute atomic E-state index is 0.104. The van der Waals surface area contributed by atoms with Crippen molar-refractivity contribution in [3.63, 3.8) is 0 Å². The number of aliphatic hydroxyl groups is 1. The number of fused-ring (bicyclic) bond motifs is 1. The van der Waals surface area contributed by atoms with Gasteiger partial charge in [-0.05, 0) is 24.5 Å². The van der Waals surface area contributed by atoms with Crippen molar-refractivity contribution < 1.29 is 5.11 Å². The van der Waals surface area contributed by atoms with Crippen LogP contribution in [0.15, 0.2) is 30.5 Å². The van der Waals surface area contributed by atoms with Gasteiger partial charge in [-0.25, -0.2) is 4.98 Å². The van der Waals surface area contributed by atoms with Crippen LogP contribution in [0.25, 0.3) is 0 Å². The molecule has 20 heavy (non-hydrogen) atoms. The number of aryl methyl sites for hydroxylation is 2. The predicted molar refractivity (Wildman–Crippen MR) is 78.7 cm³/mol. The Morgan fingerprint density at radius 3 is 2.95 bits per heavy atom. The van der Waals surface area contributed by atoms with E-state index in [1.165, 1.54) is 5.56 Å². The number of nitrogens with one attached hydrogen (secondary N) is 1. The van der Waals surface area contributed by atoms with Crippen molar-refractivity contribution in [3.8, 4) is 0 Å². The molecule has 0 fully saturated rings. The molecule has 1 unspecified atom stereocenters. The SMILES string of the molecule is CCc1ncc(C)nc1NC1c2ccccc2C[C@@H]1O. The lowest BCUT2D eigenvalue weighted by Gasteiger charge is -2.20. The third kappa shape index (κ3) is 2.27. The second-order valence-electron chi connectivity index (χ2n) is 5.25. The lowest BCUT2D eigenvalue weighted by molar-refractivity contribution is 0.165. The second kappa shape index (κ2) is 5.21. The Labute approximate surface area is 118 Å². The zero-order chi connectivity index (χ0) is 14.1. The fraction of sp³-hybridized carbons (Fsp3) is 0.375. The fourth-order valence-corrected chi connectivity index (χ4v) is 2.77. The molecule has 0 saturated carbocycles. The number of aliphatic hydroxyl groups excluding tert-OH is 1. The monoisotopic (exact) mass is 269 g/mol. The van der Waals surface area contributed by atoms with Crippen LogP contribution in [0.1, 0.15) is 35.5 Å². The van der Waals surface area contributed by atoms with E-state index in [9.17, 15) is 5.11 Å². The van der Waals surface area contributed by atoms with Gasteiger partial charge in [-0.2, -0.15) is 0 Å². The summed E-state index contributed by atoms with van der Waals surface area (Å²) in [7, 11) is 0. The Morgan fingerprint density at radius 1 is 1.35 bits per heavy atom. The Morgan fingerprint density at radius 2 is 2.15 bits per heavy atom. The van der Waals surface area contributed by atoms with Crippen molar-refractivity contribution in [2.75, 3.05) is 5.32 Å². The van der Waals surface area contributed by atoms with Crippen LogP contribution in [0, 0.1) is 6.92 Å². The summed E-state index contributed by atoms with van der Waals surface area (Å²) in [6.45, 7) is 3.99. The average molecular weight is 269 g/mol. The molecule has 0 aliphatic heterocycles. The lowest BCUT2D eigenvalue weighted by Crippen LogP contribution is -2.22. The zero-order valence-electron chi connectivity index (χ0n) is 11.8. The Hall–Kier alpha value is -1.94. The smallest absolute Gasteiger partial charge is 0.148 e. The molecular weight excluding hydrogens is 250 g/mol. The summed E-state index contributed by atoms with van der Waals surface area (Å²) in [5.74, 6) is 0.785. The van der Waals surface area contributed by atoms with E-state index in [0.717, 1.165) is 29.2 Å². The summed E-state index contributed by atoms with van der Waals surface area (Å²) in [6, 6.07) is 8.06. The second-order valence-corrected chi connectivity index (χ2v) is 5.25. The maximum atomic E-state index is 10.3. The van der Waals surface area contributed by atoms with Gasteiger partial charge in [-0.15, -0.1) is 0 Å². The molecule has 0 bridgehead atoms. The molecule has 1 heterocycles. The minimum Gasteiger partial charge on any atom is -0.390 e. The van der Waals surface area contributed by atoms with Crippen LogP contribution in [0.5, 0.6) is 0 Å². The number of aromatic nitrogens is 2. The average Bonchev–Trinajstić information content (AvgIpc) is 2.76. The molecule has 2 atom stereocenters. The minimum atomic E-state index is -0.417. The largest absolute Gasteiger partial charge is 0.390 e. The first-order chi connectivity index (χ1) is 9.69. The molecule has 2 aromatic rings. The molecule has 0 saturated heterocycles. The summed E-state index contributed by atoms with van der Waals surface area (Å²) in [5.41, 5.74) is 4.18. The molecule has 0 radical (unpaired) electrons. The zero-order valence-corrected chi connectivity index (χ0v) is 11.8. The van der Waals surface area contributed by atoms with E-state index >= 15 is 0 Å². The van der Waals surface area contributed by atoms with E-state index in [2.05, 4.69) is 34.3 Å². The van der Waals surface area contributed by atoms with Gasteiger partial charge in [0, 0.05) is 12.6 Å². The number of hydrogen-bond donors (Lipinski definition) is 2. The van der Waals surface area contributed by atoms with Gasteiger partial charge in [0.05, 0.1) is 23.5 Å². The molecule has 1 aliphatic carbocycles. The van der Waals surface area contributed by atoms with Crippen LogP contribution >= 0.6 is 0 Å². The Kier molecular flexibility index (Phi) is 3.40. The van der Waals surface area contributed by atoms with Crippen LogP contribution < -0.4 is 5.32 Å². The molecule has 0 spiro atoms. The van der Waals surface area contributed by atoms with E-state index in [1.54, 1.807) is 6.20 Å². The van der Waals surface area contributed by atoms with Gasteiger partial charge in [-0.3, -0.25) is 4.98 Å². The van der Waals surface area contributed by atoms with Crippen molar-refractivity contribution in [3.05, 3.63) is 53.0 Å². The third-order valence-corrected chi connectivity index (χ3v) is 3.80. The van der Waals surface area contributed by atoms with Crippen LogP contribution in [0.2, 0.25) is 0 Å². The molecule has 1 aromatic heterocycles. The normalized spacial score (nSPS) is 20.8. The van der Waals surface area contributed by atoms with Gasteiger partial charge in [-0.1, -0.05) is 31.2 Å². The number of nitrogens with zero attached hydrogens (tertiary/aromatic N) is 2. The molecule has 1 aromatic carbocycles. The van der Waals surface area contributed by atoms with Crippen LogP contribution in [0.4, 0.5) is 5.82 Å². The maximum absolute atomic E-state index is 10.3. The van der Waals surface area contributed by atoms with Crippen molar-refractivity contribution in [1.82, 2.24) is 9.97 Å². The van der Waals surface area contributed by atoms with Gasteiger partial charge < -0.3 is 10.4 Å². The number of rotatable bonds is 3. The first-order valence-electron chi connectivity index (χ1n) is 7.04. The van der Waals surface area contributed by atoms with Gasteiger partial charge in [0.25, 0.3) is 0 Å². The van der Waals surface area contributed by atoms with E-state index in [-0.39, 0.29) is 6.04 Å². The highest BCUT2D eigenvalue weighted by atomic mass is 16.3. The maximum Gasteiger partial charge on any atom is 0.148 e. The van der Waals surface area contributed by atoms with Crippen molar-refractivity contribution >= 4 is 5.82 Å². The van der Waals surface area contributed by atoms with Gasteiger partial charge in [0.2, 0.25) is 0 Å². The Bertz CT molecular complexity index is 627. The highest BCUT2D eigenvalue weighted by molar-refractivity contribution is 5.47. The number of anilines is 1. The van der Waals surface area contributed by atoms with Crippen LogP contribution in [0.3, 0.4) is 0 Å². The van der Waals surface area contributed by atoms with Gasteiger partial charge in [0.15, 0.2) is 0 Å². The molecule has 0 amide bonds. The molecule has 4 heteroatoms. The van der Waals surface area contributed by atoms with E-state index in [1.807, 2.05) is 19.1 Å². The Balaban J connectivity index is 1.94. The van der Waals surface area contributed by atoms with Crippen molar-refractivity contribution in [1.29, 1.82) is 0 Å². The third-order valence-electron chi connectivity index (χ3n) is 3.80. The predicted octanol–water partition coefficient (Wildman–Crippen LogP) is 2.42. The summed E-state index contributed by atoms with van der Waals surface area (Å²) < 4.78 is 0. The molecule has 104 valence electrons. The summed E-state index contributed by atoms with van der Waals surface area (Å²) in [6.07, 6.45) is 2.87. The first-order valence-corrected chi connectivity index (χ1v) is 7.04. The summed E-state index contributed by atoms with van der Waals surface area (Å²) in [4.78, 5) is 8.94. The van der Waals surface area contributed by atoms with E-state index < -0.39 is 6.10 Å². The summed E-state index contributed by atoms with van der Waals surface area (Å²) >= 11 is 0. The van der Waals surface area contributed by atoms with Crippen LogP contribution in [-0.4, -0.2) is 21.2 Å². The highest BCUT2D eigenvalue weighted by Gasteiger charge is 2.31. The number of hydrogen-bond acceptors (Lipinski definition) is 4. The molecule has 1 aliphatic rings. The van der Waals surface area contributed by atoms with Crippen LogP contribution in [-0.2, 0) is 12.8 Å². The van der Waals surface area contributed by atoms with Crippen molar-refractivity contribution in [2.45, 2.75) is 38.8 Å². The summed E-state index contributed by atoms with van der Waals surface area (Å²) in [5, 5.41) is 13.7. The lowest BCUT2D eigenvalue weighted by atomic mass is 10.1. The van der Waals surface area contributed by atoms with Crippen molar-refractivity contribution in [2.24, 2.45) is 0 Å². The van der Waals surface area contributed by atoms with E-state index in [0.29, 0.717) is 6.42 Å². The highest BCUT2D eigenvalue weighted by Crippen LogP contribution is 2.34. The molecule has 2 N–H and O–H groups in total. The van der Waals surface area contributed by atoms with E-state index in [4.69, 9.17) is 0 Å².